The highest BCUT2D eigenvalue weighted by atomic mass is 35.5. The van der Waals surface area contributed by atoms with Gasteiger partial charge in [-0.2, -0.15) is 0 Å². The zero-order valence-corrected chi connectivity index (χ0v) is 7.67. The maximum absolute atomic E-state index is 8.84. The Balaban J connectivity index is 3.07. The third-order valence-corrected chi connectivity index (χ3v) is 2.32. The Kier molecular flexibility index (Phi) is 3.09. The summed E-state index contributed by atoms with van der Waals surface area (Å²) in [5.41, 5.74) is 7.51. The van der Waals surface area contributed by atoms with Crippen LogP contribution in [0.3, 0.4) is 0 Å². The predicted octanol–water partition coefficient (Wildman–Crippen LogP) is 1.64. The molecule has 66 valence electrons. The first-order valence-electron chi connectivity index (χ1n) is 3.78. The van der Waals surface area contributed by atoms with Gasteiger partial charge in [0.2, 0.25) is 0 Å². The summed E-state index contributed by atoms with van der Waals surface area (Å²) in [4.78, 5) is 0. The molecule has 0 spiro atoms. The second-order valence-corrected chi connectivity index (χ2v) is 3.15. The van der Waals surface area contributed by atoms with Crippen LogP contribution in [0.1, 0.15) is 17.2 Å². The summed E-state index contributed by atoms with van der Waals surface area (Å²) in [5, 5.41) is 9.53. The summed E-state index contributed by atoms with van der Waals surface area (Å²) in [6.07, 6.45) is 0. The van der Waals surface area contributed by atoms with E-state index in [1.165, 1.54) is 0 Å². The first-order valence-corrected chi connectivity index (χ1v) is 4.16. The van der Waals surface area contributed by atoms with E-state index in [1.807, 2.05) is 25.1 Å². The Morgan fingerprint density at radius 1 is 1.58 bits per heavy atom. The van der Waals surface area contributed by atoms with Crippen molar-refractivity contribution in [1.82, 2.24) is 0 Å². The van der Waals surface area contributed by atoms with Gasteiger partial charge in [-0.3, -0.25) is 0 Å². The number of halogens is 1. The number of nitrogens with two attached hydrogens (primary N) is 1. The maximum atomic E-state index is 8.84. The molecule has 0 heterocycles. The predicted molar refractivity (Wildman–Crippen MR) is 50.2 cm³/mol. The first kappa shape index (κ1) is 9.52. The van der Waals surface area contributed by atoms with Gasteiger partial charge in [0, 0.05) is 5.02 Å². The van der Waals surface area contributed by atoms with Gasteiger partial charge in [-0.25, -0.2) is 0 Å². The lowest BCUT2D eigenvalue weighted by Gasteiger charge is -2.12. The molecule has 0 unspecified atom stereocenters. The summed E-state index contributed by atoms with van der Waals surface area (Å²) < 4.78 is 0. The Hall–Kier alpha value is -0.570. The lowest BCUT2D eigenvalue weighted by molar-refractivity contribution is 0.267. The summed E-state index contributed by atoms with van der Waals surface area (Å²) in [6.45, 7) is 1.84. The van der Waals surface area contributed by atoms with Gasteiger partial charge >= 0.3 is 0 Å². The minimum Gasteiger partial charge on any atom is -0.394 e. The van der Waals surface area contributed by atoms with Gasteiger partial charge in [0.05, 0.1) is 12.6 Å². The van der Waals surface area contributed by atoms with Gasteiger partial charge in [-0.1, -0.05) is 23.7 Å². The van der Waals surface area contributed by atoms with Crippen LogP contribution in [-0.4, -0.2) is 11.7 Å². The van der Waals surface area contributed by atoms with E-state index in [2.05, 4.69) is 0 Å². The van der Waals surface area contributed by atoms with Crippen molar-refractivity contribution in [3.63, 3.8) is 0 Å². The van der Waals surface area contributed by atoms with Crippen molar-refractivity contribution in [3.8, 4) is 0 Å². The Morgan fingerprint density at radius 3 is 2.83 bits per heavy atom. The van der Waals surface area contributed by atoms with Crippen LogP contribution in [0.5, 0.6) is 0 Å². The first-order chi connectivity index (χ1) is 5.66. The van der Waals surface area contributed by atoms with Gasteiger partial charge in [0.25, 0.3) is 0 Å². The largest absolute Gasteiger partial charge is 0.394 e. The number of benzene rings is 1. The molecule has 0 fully saturated rings. The van der Waals surface area contributed by atoms with Crippen LogP contribution < -0.4 is 5.73 Å². The van der Waals surface area contributed by atoms with Crippen LogP contribution in [0.25, 0.3) is 0 Å². The molecule has 1 rings (SSSR count). The van der Waals surface area contributed by atoms with E-state index in [-0.39, 0.29) is 12.6 Å². The molecule has 0 aliphatic carbocycles. The number of hydrogen-bond acceptors (Lipinski definition) is 2. The molecular weight excluding hydrogens is 174 g/mol. The van der Waals surface area contributed by atoms with Crippen molar-refractivity contribution in [2.75, 3.05) is 6.61 Å². The van der Waals surface area contributed by atoms with E-state index in [0.29, 0.717) is 5.02 Å². The van der Waals surface area contributed by atoms with Gasteiger partial charge in [-0.05, 0) is 24.1 Å². The number of hydrogen-bond donors (Lipinski definition) is 2. The third kappa shape index (κ3) is 1.78. The molecule has 3 heteroatoms. The topological polar surface area (TPSA) is 46.2 Å². The summed E-state index contributed by atoms with van der Waals surface area (Å²) in [5.74, 6) is 0. The molecule has 0 amide bonds. The number of rotatable bonds is 2. The molecule has 0 radical (unpaired) electrons. The molecule has 0 aliphatic heterocycles. The third-order valence-electron chi connectivity index (χ3n) is 1.91. The highest BCUT2D eigenvalue weighted by molar-refractivity contribution is 6.31. The quantitative estimate of drug-likeness (QED) is 0.736. The van der Waals surface area contributed by atoms with Crippen LogP contribution in [0.4, 0.5) is 0 Å². The van der Waals surface area contributed by atoms with Gasteiger partial charge in [0.15, 0.2) is 0 Å². The zero-order chi connectivity index (χ0) is 9.14. The molecule has 1 aromatic rings. The molecule has 3 N–H and O–H groups in total. The molecule has 2 nitrogen and oxygen atoms in total. The minimum atomic E-state index is -0.330. The average molecular weight is 186 g/mol. The second kappa shape index (κ2) is 3.90. The lowest BCUT2D eigenvalue weighted by atomic mass is 10.0. The van der Waals surface area contributed by atoms with E-state index in [4.69, 9.17) is 22.4 Å². The van der Waals surface area contributed by atoms with Crippen molar-refractivity contribution < 1.29 is 5.11 Å². The molecule has 1 atom stereocenters. The highest BCUT2D eigenvalue weighted by Gasteiger charge is 2.08. The van der Waals surface area contributed by atoms with Crippen LogP contribution in [0, 0.1) is 6.92 Å². The second-order valence-electron chi connectivity index (χ2n) is 2.74. The molecule has 12 heavy (non-hydrogen) atoms. The Bertz CT molecular complexity index is 275. The smallest absolute Gasteiger partial charge is 0.0624 e. The lowest BCUT2D eigenvalue weighted by Crippen LogP contribution is -2.15. The van der Waals surface area contributed by atoms with Crippen molar-refractivity contribution in [2.24, 2.45) is 5.73 Å². The summed E-state index contributed by atoms with van der Waals surface area (Å²) >= 11 is 5.88. The van der Waals surface area contributed by atoms with Gasteiger partial charge in [-0.15, -0.1) is 0 Å². The average Bonchev–Trinajstić information content (AvgIpc) is 2.08. The van der Waals surface area contributed by atoms with Crippen LogP contribution >= 0.6 is 11.6 Å². The normalized spacial score (nSPS) is 13.0. The minimum absolute atomic E-state index is 0.0544. The molecular formula is C9H12ClNO. The number of aliphatic hydroxyl groups is 1. The van der Waals surface area contributed by atoms with Crippen LogP contribution in [0.2, 0.25) is 5.02 Å². The molecule has 0 bridgehead atoms. The standard InChI is InChI=1S/C9H12ClNO/c1-6-7(9(11)5-12)3-2-4-8(6)10/h2-4,9,12H,5,11H2,1H3/t9-/m0/s1. The molecule has 0 saturated heterocycles. The van der Waals surface area contributed by atoms with Crippen LogP contribution in [-0.2, 0) is 0 Å². The fraction of sp³-hybridized carbons (Fsp3) is 0.333. The Labute approximate surface area is 77.0 Å². The summed E-state index contributed by atoms with van der Waals surface area (Å²) in [7, 11) is 0. The summed E-state index contributed by atoms with van der Waals surface area (Å²) in [6, 6.07) is 5.19. The van der Waals surface area contributed by atoms with E-state index < -0.39 is 0 Å². The van der Waals surface area contributed by atoms with E-state index in [9.17, 15) is 0 Å². The monoisotopic (exact) mass is 185 g/mol. The van der Waals surface area contributed by atoms with Crippen molar-refractivity contribution in [2.45, 2.75) is 13.0 Å². The molecule has 0 saturated carbocycles. The van der Waals surface area contributed by atoms with Gasteiger partial charge < -0.3 is 10.8 Å². The van der Waals surface area contributed by atoms with Crippen molar-refractivity contribution in [3.05, 3.63) is 34.3 Å². The maximum Gasteiger partial charge on any atom is 0.0624 e. The fourth-order valence-corrected chi connectivity index (χ4v) is 1.31. The molecule has 0 aromatic heterocycles. The zero-order valence-electron chi connectivity index (χ0n) is 6.92. The van der Waals surface area contributed by atoms with E-state index in [1.54, 1.807) is 0 Å². The van der Waals surface area contributed by atoms with Crippen molar-refractivity contribution >= 4 is 11.6 Å². The van der Waals surface area contributed by atoms with Crippen LogP contribution in [0.15, 0.2) is 18.2 Å². The fourth-order valence-electron chi connectivity index (χ4n) is 1.12. The van der Waals surface area contributed by atoms with Gasteiger partial charge in [0.1, 0.15) is 0 Å². The van der Waals surface area contributed by atoms with E-state index >= 15 is 0 Å². The highest BCUT2D eigenvalue weighted by Crippen LogP contribution is 2.22. The SMILES string of the molecule is Cc1c(Cl)cccc1[C@@H](N)CO. The molecule has 0 aliphatic rings. The number of aliphatic hydroxyl groups excluding tert-OH is 1. The molecule has 1 aromatic carbocycles. The van der Waals surface area contributed by atoms with E-state index in [0.717, 1.165) is 11.1 Å². The Morgan fingerprint density at radius 2 is 2.25 bits per heavy atom. The van der Waals surface area contributed by atoms with Crippen molar-refractivity contribution in [1.29, 1.82) is 0 Å².